The lowest BCUT2D eigenvalue weighted by Crippen LogP contribution is -2.64. The Balaban J connectivity index is 1.31. The maximum Gasteiger partial charge on any atom is 0.266 e. The first-order valence-electron chi connectivity index (χ1n) is 11.0. The fourth-order valence-electron chi connectivity index (χ4n) is 4.20. The predicted octanol–water partition coefficient (Wildman–Crippen LogP) is 3.64. The van der Waals surface area contributed by atoms with Crippen molar-refractivity contribution >= 4 is 22.7 Å². The predicted molar refractivity (Wildman–Crippen MR) is 127 cm³/mol. The number of pyridine rings is 1. The number of hydrogen-bond acceptors (Lipinski definition) is 5. The number of hydroxylamine groups is 1. The summed E-state index contributed by atoms with van der Waals surface area (Å²) in [6, 6.07) is 26.9. The monoisotopic (exact) mass is 453 g/mol. The Morgan fingerprint density at radius 1 is 1.00 bits per heavy atom. The van der Waals surface area contributed by atoms with Crippen LogP contribution in [0.1, 0.15) is 11.1 Å². The fourth-order valence-corrected chi connectivity index (χ4v) is 4.20. The third-order valence-corrected chi connectivity index (χ3v) is 6.07. The normalized spacial score (nSPS) is 17.0. The zero-order chi connectivity index (χ0) is 23.5. The average Bonchev–Trinajstić information content (AvgIpc) is 2.89. The number of amides is 2. The molecular weight excluding hydrogens is 430 g/mol. The smallest absolute Gasteiger partial charge is 0.266 e. The summed E-state index contributed by atoms with van der Waals surface area (Å²) in [7, 11) is 0. The van der Waals surface area contributed by atoms with Crippen LogP contribution in [0.25, 0.3) is 22.2 Å². The van der Waals surface area contributed by atoms with Gasteiger partial charge in [-0.15, -0.1) is 0 Å². The summed E-state index contributed by atoms with van der Waals surface area (Å²) in [6.45, 7) is 0.381. The molecule has 0 saturated carbocycles. The molecule has 3 aromatic carbocycles. The molecule has 0 bridgehead atoms. The minimum Gasteiger partial charge on any atom is -0.489 e. The summed E-state index contributed by atoms with van der Waals surface area (Å²) >= 11 is 0. The van der Waals surface area contributed by atoms with Gasteiger partial charge in [0.15, 0.2) is 0 Å². The van der Waals surface area contributed by atoms with Gasteiger partial charge >= 0.3 is 0 Å². The van der Waals surface area contributed by atoms with Crippen LogP contribution in [0.5, 0.6) is 5.75 Å². The highest BCUT2D eigenvalue weighted by molar-refractivity contribution is 5.99. The van der Waals surface area contributed by atoms with Crippen LogP contribution in [0.15, 0.2) is 84.9 Å². The van der Waals surface area contributed by atoms with Crippen LogP contribution in [0, 0.1) is 5.92 Å². The van der Waals surface area contributed by atoms with Crippen molar-refractivity contribution in [2.24, 2.45) is 5.92 Å². The van der Waals surface area contributed by atoms with Crippen LogP contribution < -0.4 is 15.5 Å². The maximum absolute atomic E-state index is 11.8. The van der Waals surface area contributed by atoms with Gasteiger partial charge in [-0.05, 0) is 36.2 Å². The Morgan fingerprint density at radius 2 is 1.74 bits per heavy atom. The van der Waals surface area contributed by atoms with Crippen LogP contribution in [0.3, 0.4) is 0 Å². The lowest BCUT2D eigenvalue weighted by atomic mass is 9.84. The summed E-state index contributed by atoms with van der Waals surface area (Å²) in [5.41, 5.74) is 6.40. The second-order valence-corrected chi connectivity index (χ2v) is 8.26. The fraction of sp³-hybridized carbons (Fsp3) is 0.148. The van der Waals surface area contributed by atoms with E-state index in [-0.39, 0.29) is 5.91 Å². The van der Waals surface area contributed by atoms with Gasteiger partial charge in [0, 0.05) is 16.5 Å². The van der Waals surface area contributed by atoms with Gasteiger partial charge in [-0.2, -0.15) is 0 Å². The summed E-state index contributed by atoms with van der Waals surface area (Å²) in [4.78, 5) is 28.3. The molecule has 170 valence electrons. The van der Waals surface area contributed by atoms with E-state index in [1.807, 2.05) is 78.9 Å². The zero-order valence-corrected chi connectivity index (χ0v) is 18.3. The van der Waals surface area contributed by atoms with Crippen molar-refractivity contribution in [3.05, 3.63) is 96.1 Å². The molecule has 3 N–H and O–H groups in total. The van der Waals surface area contributed by atoms with Gasteiger partial charge in [0.05, 0.1) is 17.1 Å². The minimum absolute atomic E-state index is 0.201. The Bertz CT molecular complexity index is 1340. The number of nitrogens with zero attached hydrogens (tertiary/aromatic N) is 1. The highest BCUT2D eigenvalue weighted by Gasteiger charge is 2.43. The van der Waals surface area contributed by atoms with E-state index in [0.29, 0.717) is 18.8 Å². The molecule has 2 atom stereocenters. The standard InChI is InChI=1S/C27H23N3O4/c31-26-22(25(29-26)27(32)30-33)14-17-10-12-20(13-11-17)34-16-19-15-24(18-6-2-1-3-7-18)28-23-9-5-4-8-21(19)23/h1-13,15,22,25,33H,14,16H2,(H,29,31)(H,30,32)/t22-,25-/m0/s1. The average molecular weight is 453 g/mol. The Kier molecular flexibility index (Phi) is 5.93. The molecule has 0 unspecified atom stereocenters. The van der Waals surface area contributed by atoms with Crippen molar-refractivity contribution in [2.75, 3.05) is 0 Å². The molecule has 1 aliphatic rings. The van der Waals surface area contributed by atoms with Crippen molar-refractivity contribution < 1.29 is 19.5 Å². The first-order chi connectivity index (χ1) is 16.6. The van der Waals surface area contributed by atoms with Crippen molar-refractivity contribution in [1.29, 1.82) is 0 Å². The lowest BCUT2D eigenvalue weighted by molar-refractivity contribution is -0.147. The van der Waals surface area contributed by atoms with Gasteiger partial charge < -0.3 is 10.1 Å². The summed E-state index contributed by atoms with van der Waals surface area (Å²) < 4.78 is 6.08. The number of β-lactam (4-membered cyclic amide) rings is 1. The first-order valence-corrected chi connectivity index (χ1v) is 11.0. The number of rotatable bonds is 7. The molecule has 2 heterocycles. The lowest BCUT2D eigenvalue weighted by Gasteiger charge is -2.34. The highest BCUT2D eigenvalue weighted by Crippen LogP contribution is 2.27. The van der Waals surface area contributed by atoms with Crippen molar-refractivity contribution in [3.8, 4) is 17.0 Å². The van der Waals surface area contributed by atoms with Crippen LogP contribution in [0.4, 0.5) is 0 Å². The van der Waals surface area contributed by atoms with Crippen LogP contribution >= 0.6 is 0 Å². The van der Waals surface area contributed by atoms with Gasteiger partial charge in [0.25, 0.3) is 5.91 Å². The van der Waals surface area contributed by atoms with Gasteiger partial charge in [0.1, 0.15) is 18.4 Å². The molecule has 0 radical (unpaired) electrons. The van der Waals surface area contributed by atoms with E-state index in [2.05, 4.69) is 11.4 Å². The molecule has 0 spiro atoms. The van der Waals surface area contributed by atoms with Crippen molar-refractivity contribution in [2.45, 2.75) is 19.1 Å². The molecule has 0 aliphatic carbocycles. The molecule has 1 saturated heterocycles. The summed E-state index contributed by atoms with van der Waals surface area (Å²) in [5.74, 6) is -0.608. The number of nitrogens with one attached hydrogen (secondary N) is 2. The Morgan fingerprint density at radius 3 is 2.47 bits per heavy atom. The Hall–Kier alpha value is -4.23. The van der Waals surface area contributed by atoms with E-state index in [0.717, 1.165) is 33.3 Å². The molecule has 2 amide bonds. The second kappa shape index (κ2) is 9.33. The van der Waals surface area contributed by atoms with Crippen LogP contribution in [-0.4, -0.2) is 28.0 Å². The topological polar surface area (TPSA) is 101 Å². The van der Waals surface area contributed by atoms with E-state index < -0.39 is 17.9 Å². The number of aromatic nitrogens is 1. The van der Waals surface area contributed by atoms with Crippen LogP contribution in [-0.2, 0) is 22.6 Å². The largest absolute Gasteiger partial charge is 0.489 e. The third kappa shape index (κ3) is 4.33. The van der Waals surface area contributed by atoms with Crippen molar-refractivity contribution in [3.63, 3.8) is 0 Å². The van der Waals surface area contributed by atoms with Crippen LogP contribution in [0.2, 0.25) is 0 Å². The number of fused-ring (bicyclic) bond motifs is 1. The first kappa shape index (κ1) is 21.6. The van der Waals surface area contributed by atoms with Gasteiger partial charge in [-0.3, -0.25) is 14.8 Å². The SMILES string of the molecule is O=C1N[C@H](C(=O)NO)[C@@H]1Cc1ccc(OCc2cc(-c3ccccc3)nc3ccccc23)cc1. The second-order valence-electron chi connectivity index (χ2n) is 8.26. The molecule has 7 nitrogen and oxygen atoms in total. The molecule has 1 aliphatic heterocycles. The molecule has 1 fully saturated rings. The molecule has 7 heteroatoms. The number of hydrogen-bond donors (Lipinski definition) is 3. The number of para-hydroxylation sites is 1. The van der Waals surface area contributed by atoms with E-state index >= 15 is 0 Å². The molecular formula is C27H23N3O4. The molecule has 5 rings (SSSR count). The number of ether oxygens (including phenoxy) is 1. The van der Waals surface area contributed by atoms with Gasteiger partial charge in [-0.1, -0.05) is 60.7 Å². The Labute approximate surface area is 196 Å². The summed E-state index contributed by atoms with van der Waals surface area (Å²) in [6.07, 6.45) is 0.402. The molecule has 1 aromatic heterocycles. The molecule has 34 heavy (non-hydrogen) atoms. The third-order valence-electron chi connectivity index (χ3n) is 6.07. The van der Waals surface area contributed by atoms with E-state index in [9.17, 15) is 9.59 Å². The molecule has 4 aromatic rings. The number of carbonyl (C=O) groups is 2. The van der Waals surface area contributed by atoms with E-state index in [1.165, 1.54) is 0 Å². The van der Waals surface area contributed by atoms with E-state index in [1.54, 1.807) is 5.48 Å². The van der Waals surface area contributed by atoms with Gasteiger partial charge in [-0.25, -0.2) is 10.5 Å². The minimum atomic E-state index is -0.716. The van der Waals surface area contributed by atoms with Crippen molar-refractivity contribution in [1.82, 2.24) is 15.8 Å². The summed E-state index contributed by atoms with van der Waals surface area (Å²) in [5, 5.41) is 12.4. The quantitative estimate of drug-likeness (QED) is 0.225. The number of carbonyl (C=O) groups excluding carboxylic acids is 2. The van der Waals surface area contributed by atoms with E-state index in [4.69, 9.17) is 14.9 Å². The maximum atomic E-state index is 11.8. The van der Waals surface area contributed by atoms with Gasteiger partial charge in [0.2, 0.25) is 5.91 Å². The zero-order valence-electron chi connectivity index (χ0n) is 18.3. The highest BCUT2D eigenvalue weighted by atomic mass is 16.5. The number of benzene rings is 3.